The van der Waals surface area contributed by atoms with Gasteiger partial charge in [0.2, 0.25) is 10.0 Å². The Kier molecular flexibility index (Phi) is 4.06. The first-order valence-corrected chi connectivity index (χ1v) is 8.14. The molecule has 1 saturated heterocycles. The zero-order chi connectivity index (χ0) is 15.8. The van der Waals surface area contributed by atoms with E-state index in [0.717, 1.165) is 12.3 Å². The molecule has 1 aromatic carbocycles. The van der Waals surface area contributed by atoms with Crippen LogP contribution in [-0.4, -0.2) is 51.1 Å². The second-order valence-corrected chi connectivity index (χ2v) is 6.89. The zero-order valence-corrected chi connectivity index (χ0v) is 12.4. The summed E-state index contributed by atoms with van der Waals surface area (Å²) in [5.41, 5.74) is 11.0. The molecule has 21 heavy (non-hydrogen) atoms. The molecule has 1 aliphatic heterocycles. The minimum Gasteiger partial charge on any atom is -0.398 e. The van der Waals surface area contributed by atoms with E-state index in [1.165, 1.54) is 10.4 Å². The van der Waals surface area contributed by atoms with Crippen LogP contribution in [0.2, 0.25) is 0 Å². The fraction of sp³-hybridized carbons (Fsp3) is 0.417. The first kappa shape index (κ1) is 15.5. The Hall–Kier alpha value is -1.87. The lowest BCUT2D eigenvalue weighted by molar-refractivity contribution is 0.100. The first-order chi connectivity index (χ1) is 9.70. The number of anilines is 2. The van der Waals surface area contributed by atoms with Gasteiger partial charge < -0.3 is 16.4 Å². The third kappa shape index (κ3) is 3.24. The van der Waals surface area contributed by atoms with Crippen molar-refractivity contribution in [3.63, 3.8) is 0 Å². The van der Waals surface area contributed by atoms with E-state index in [9.17, 15) is 17.6 Å². The van der Waals surface area contributed by atoms with Gasteiger partial charge in [-0.1, -0.05) is 0 Å². The number of nitrogen functional groups attached to an aromatic ring is 1. The van der Waals surface area contributed by atoms with Crippen LogP contribution >= 0.6 is 0 Å². The lowest BCUT2D eigenvalue weighted by Gasteiger charge is -2.35. The third-order valence-corrected chi connectivity index (χ3v) is 4.74. The van der Waals surface area contributed by atoms with E-state index in [4.69, 9.17) is 11.5 Å². The van der Waals surface area contributed by atoms with Crippen LogP contribution in [0.1, 0.15) is 10.4 Å². The minimum atomic E-state index is -3.25. The van der Waals surface area contributed by atoms with Crippen LogP contribution in [0.25, 0.3) is 0 Å². The van der Waals surface area contributed by atoms with Crippen LogP contribution in [0.3, 0.4) is 0 Å². The van der Waals surface area contributed by atoms with Gasteiger partial charge >= 0.3 is 0 Å². The lowest BCUT2D eigenvalue weighted by atomic mass is 10.1. The Morgan fingerprint density at radius 1 is 1.24 bits per heavy atom. The van der Waals surface area contributed by atoms with Gasteiger partial charge in [-0.15, -0.1) is 0 Å². The predicted molar refractivity (Wildman–Crippen MR) is 78.0 cm³/mol. The van der Waals surface area contributed by atoms with Crippen LogP contribution in [-0.2, 0) is 10.0 Å². The van der Waals surface area contributed by atoms with Gasteiger partial charge in [0.15, 0.2) is 0 Å². The number of amides is 1. The summed E-state index contributed by atoms with van der Waals surface area (Å²) < 4.78 is 38.2. The van der Waals surface area contributed by atoms with Crippen LogP contribution in [0.5, 0.6) is 0 Å². The summed E-state index contributed by atoms with van der Waals surface area (Å²) >= 11 is 0. The van der Waals surface area contributed by atoms with Crippen molar-refractivity contribution in [2.45, 2.75) is 0 Å². The first-order valence-electron chi connectivity index (χ1n) is 6.29. The number of nitrogens with zero attached hydrogens (tertiary/aromatic N) is 2. The van der Waals surface area contributed by atoms with Gasteiger partial charge in [0.05, 0.1) is 17.5 Å². The number of nitrogens with two attached hydrogens (primary N) is 2. The smallest absolute Gasteiger partial charge is 0.250 e. The summed E-state index contributed by atoms with van der Waals surface area (Å²) in [4.78, 5) is 12.9. The van der Waals surface area contributed by atoms with Gasteiger partial charge in [-0.2, -0.15) is 4.31 Å². The molecule has 0 atom stereocenters. The zero-order valence-electron chi connectivity index (χ0n) is 11.5. The van der Waals surface area contributed by atoms with Crippen molar-refractivity contribution in [1.29, 1.82) is 0 Å². The molecule has 0 unspecified atom stereocenters. The van der Waals surface area contributed by atoms with E-state index >= 15 is 0 Å². The quantitative estimate of drug-likeness (QED) is 0.737. The molecule has 0 aromatic heterocycles. The number of primary amides is 1. The highest BCUT2D eigenvalue weighted by atomic mass is 32.2. The van der Waals surface area contributed by atoms with E-state index in [-0.39, 0.29) is 30.0 Å². The SMILES string of the molecule is CS(=O)(=O)N1CCN(c2cc(C(N)=O)c(N)cc2F)CC1. The van der Waals surface area contributed by atoms with Crippen LogP contribution < -0.4 is 16.4 Å². The van der Waals surface area contributed by atoms with Gasteiger partial charge in [-0.3, -0.25) is 4.79 Å². The summed E-state index contributed by atoms with van der Waals surface area (Å²) in [5.74, 6) is -1.30. The minimum absolute atomic E-state index is 0.0153. The molecule has 1 aromatic rings. The monoisotopic (exact) mass is 316 g/mol. The normalized spacial score (nSPS) is 17.0. The number of hydrogen-bond donors (Lipinski definition) is 2. The van der Waals surface area contributed by atoms with E-state index in [2.05, 4.69) is 0 Å². The Bertz CT molecular complexity index is 669. The largest absolute Gasteiger partial charge is 0.398 e. The van der Waals surface area contributed by atoms with Crippen molar-refractivity contribution in [3.05, 3.63) is 23.5 Å². The molecule has 1 heterocycles. The second-order valence-electron chi connectivity index (χ2n) is 4.90. The number of piperazine rings is 1. The number of carbonyl (C=O) groups is 1. The Morgan fingerprint density at radius 3 is 2.29 bits per heavy atom. The molecule has 0 aliphatic carbocycles. The van der Waals surface area contributed by atoms with Crippen LogP contribution in [0.15, 0.2) is 12.1 Å². The average molecular weight is 316 g/mol. The van der Waals surface area contributed by atoms with Crippen LogP contribution in [0, 0.1) is 5.82 Å². The number of rotatable bonds is 3. The number of sulfonamides is 1. The van der Waals surface area contributed by atoms with Crippen molar-refractivity contribution in [1.82, 2.24) is 4.31 Å². The number of halogens is 1. The summed E-state index contributed by atoms with van der Waals surface area (Å²) in [6.45, 7) is 1.17. The van der Waals surface area contributed by atoms with Crippen molar-refractivity contribution in [2.24, 2.45) is 5.73 Å². The highest BCUT2D eigenvalue weighted by Gasteiger charge is 2.25. The second kappa shape index (κ2) is 5.49. The van der Waals surface area contributed by atoms with Gasteiger partial charge in [-0.05, 0) is 12.1 Å². The Balaban J connectivity index is 2.24. The summed E-state index contributed by atoms with van der Waals surface area (Å²) in [6, 6.07) is 2.36. The average Bonchev–Trinajstić information content (AvgIpc) is 2.37. The van der Waals surface area contributed by atoms with Crippen molar-refractivity contribution in [3.8, 4) is 0 Å². The molecule has 116 valence electrons. The molecule has 4 N–H and O–H groups in total. The van der Waals surface area contributed by atoms with E-state index in [1.54, 1.807) is 4.90 Å². The predicted octanol–water partition coefficient (Wildman–Crippen LogP) is -0.412. The van der Waals surface area contributed by atoms with E-state index < -0.39 is 21.7 Å². The van der Waals surface area contributed by atoms with Crippen molar-refractivity contribution in [2.75, 3.05) is 43.1 Å². The molecular formula is C12H17FN4O3S. The van der Waals surface area contributed by atoms with Gasteiger partial charge in [0.1, 0.15) is 5.82 Å². The number of carbonyl (C=O) groups excluding carboxylic acids is 1. The number of hydrogen-bond acceptors (Lipinski definition) is 5. The maximum Gasteiger partial charge on any atom is 0.250 e. The third-order valence-electron chi connectivity index (χ3n) is 3.43. The molecule has 0 spiro atoms. The molecule has 7 nitrogen and oxygen atoms in total. The Labute approximate surface area is 122 Å². The van der Waals surface area contributed by atoms with Gasteiger partial charge in [-0.25, -0.2) is 12.8 Å². The fourth-order valence-electron chi connectivity index (χ4n) is 2.29. The maximum absolute atomic E-state index is 14.0. The molecule has 9 heteroatoms. The molecule has 1 amide bonds. The summed E-state index contributed by atoms with van der Waals surface area (Å²) in [5, 5.41) is 0. The van der Waals surface area contributed by atoms with Crippen molar-refractivity contribution < 1.29 is 17.6 Å². The molecular weight excluding hydrogens is 299 g/mol. The highest BCUT2D eigenvalue weighted by Crippen LogP contribution is 2.26. The van der Waals surface area contributed by atoms with Crippen LogP contribution in [0.4, 0.5) is 15.8 Å². The highest BCUT2D eigenvalue weighted by molar-refractivity contribution is 7.88. The molecule has 2 rings (SSSR count). The number of benzene rings is 1. The molecule has 1 aliphatic rings. The maximum atomic E-state index is 14.0. The Morgan fingerprint density at radius 2 is 1.81 bits per heavy atom. The molecule has 0 bridgehead atoms. The van der Waals surface area contributed by atoms with E-state index in [1.807, 2.05) is 0 Å². The molecule has 0 saturated carbocycles. The van der Waals surface area contributed by atoms with Gasteiger partial charge in [0, 0.05) is 31.9 Å². The molecule has 1 fully saturated rings. The van der Waals surface area contributed by atoms with Gasteiger partial charge in [0.25, 0.3) is 5.91 Å². The summed E-state index contributed by atoms with van der Waals surface area (Å²) in [6.07, 6.45) is 1.14. The fourth-order valence-corrected chi connectivity index (χ4v) is 3.12. The van der Waals surface area contributed by atoms with E-state index in [0.29, 0.717) is 13.1 Å². The van der Waals surface area contributed by atoms with Crippen molar-refractivity contribution >= 4 is 27.3 Å². The topological polar surface area (TPSA) is 110 Å². The standard InChI is InChI=1S/C12H17FN4O3S/c1-21(19,20)17-4-2-16(3-5-17)11-6-8(12(15)18)10(14)7-9(11)13/h6-7H,2-5,14H2,1H3,(H2,15,18). The molecule has 0 radical (unpaired) electrons. The summed E-state index contributed by atoms with van der Waals surface area (Å²) in [7, 11) is -3.25. The lowest BCUT2D eigenvalue weighted by Crippen LogP contribution is -2.48.